The Morgan fingerprint density at radius 3 is 2.70 bits per heavy atom. The molecule has 20 heavy (non-hydrogen) atoms. The standard InChI is InChI=1S/C16H18N2O2/c1-9-12(10-4-3-5-10)7-6-11-8-13(15(19)17-2)16(20)18-14(9)11/h6-8,10H,3-5H2,1-2H3,(H,17,19)(H,18,20). The molecule has 0 aliphatic heterocycles. The molecule has 1 aromatic carbocycles. The molecule has 1 amide bonds. The highest BCUT2D eigenvalue weighted by molar-refractivity contribution is 5.97. The highest BCUT2D eigenvalue weighted by Crippen LogP contribution is 2.39. The van der Waals surface area contributed by atoms with Crippen LogP contribution in [0.15, 0.2) is 23.0 Å². The van der Waals surface area contributed by atoms with Gasteiger partial charge in [0, 0.05) is 7.05 Å². The van der Waals surface area contributed by atoms with Crippen LogP contribution < -0.4 is 10.9 Å². The summed E-state index contributed by atoms with van der Waals surface area (Å²) in [7, 11) is 1.52. The van der Waals surface area contributed by atoms with Crippen molar-refractivity contribution in [2.75, 3.05) is 7.05 Å². The molecule has 2 N–H and O–H groups in total. The molecule has 1 heterocycles. The maximum absolute atomic E-state index is 12.0. The number of aromatic amines is 1. The van der Waals surface area contributed by atoms with Gasteiger partial charge in [0.1, 0.15) is 5.56 Å². The van der Waals surface area contributed by atoms with Crippen molar-refractivity contribution < 1.29 is 4.79 Å². The van der Waals surface area contributed by atoms with Crippen molar-refractivity contribution in [3.05, 3.63) is 45.2 Å². The molecular formula is C16H18N2O2. The minimum absolute atomic E-state index is 0.163. The quantitative estimate of drug-likeness (QED) is 0.880. The van der Waals surface area contributed by atoms with Gasteiger partial charge in [-0.05, 0) is 48.3 Å². The third-order valence-electron chi connectivity index (χ3n) is 4.34. The average Bonchev–Trinajstić information content (AvgIpc) is 2.39. The van der Waals surface area contributed by atoms with E-state index in [2.05, 4.69) is 16.4 Å². The molecule has 0 spiro atoms. The third kappa shape index (κ3) is 1.92. The number of fused-ring (bicyclic) bond motifs is 1. The Bertz CT molecular complexity index is 742. The number of H-pyrrole nitrogens is 1. The van der Waals surface area contributed by atoms with Crippen LogP contribution in [-0.2, 0) is 0 Å². The number of benzene rings is 1. The van der Waals surface area contributed by atoms with Crippen molar-refractivity contribution in [2.24, 2.45) is 0 Å². The molecule has 0 saturated heterocycles. The summed E-state index contributed by atoms with van der Waals surface area (Å²) in [5.41, 5.74) is 3.15. The number of carbonyl (C=O) groups excluding carboxylic acids is 1. The van der Waals surface area contributed by atoms with Gasteiger partial charge in [-0.1, -0.05) is 18.6 Å². The number of rotatable bonds is 2. The van der Waals surface area contributed by atoms with Gasteiger partial charge < -0.3 is 10.3 Å². The molecule has 1 saturated carbocycles. The Hall–Kier alpha value is -2.10. The largest absolute Gasteiger partial charge is 0.355 e. The molecule has 0 atom stereocenters. The van der Waals surface area contributed by atoms with E-state index < -0.39 is 0 Å². The summed E-state index contributed by atoms with van der Waals surface area (Å²) in [4.78, 5) is 26.6. The molecule has 1 aromatic heterocycles. The second-order valence-electron chi connectivity index (χ2n) is 5.46. The normalized spacial score (nSPS) is 15.1. The van der Waals surface area contributed by atoms with Crippen LogP contribution in [0, 0.1) is 6.92 Å². The maximum atomic E-state index is 12.0. The summed E-state index contributed by atoms with van der Waals surface area (Å²) in [6, 6.07) is 5.80. The fourth-order valence-corrected chi connectivity index (χ4v) is 2.90. The minimum Gasteiger partial charge on any atom is -0.355 e. The van der Waals surface area contributed by atoms with E-state index in [1.807, 2.05) is 13.0 Å². The maximum Gasteiger partial charge on any atom is 0.261 e. The van der Waals surface area contributed by atoms with Crippen molar-refractivity contribution in [1.29, 1.82) is 0 Å². The number of aryl methyl sites for hydroxylation is 1. The lowest BCUT2D eigenvalue weighted by Crippen LogP contribution is -2.26. The van der Waals surface area contributed by atoms with E-state index in [-0.39, 0.29) is 17.0 Å². The van der Waals surface area contributed by atoms with E-state index in [0.717, 1.165) is 16.5 Å². The molecule has 4 nitrogen and oxygen atoms in total. The molecule has 3 rings (SSSR count). The lowest BCUT2D eigenvalue weighted by atomic mass is 9.78. The van der Waals surface area contributed by atoms with Crippen molar-refractivity contribution in [3.63, 3.8) is 0 Å². The number of hydrogen-bond acceptors (Lipinski definition) is 2. The summed E-state index contributed by atoms with van der Waals surface area (Å²) in [6.45, 7) is 2.05. The van der Waals surface area contributed by atoms with E-state index in [4.69, 9.17) is 0 Å². The fraction of sp³-hybridized carbons (Fsp3) is 0.375. The van der Waals surface area contributed by atoms with Crippen LogP contribution in [0.1, 0.15) is 46.7 Å². The van der Waals surface area contributed by atoms with Gasteiger partial charge in [0.2, 0.25) is 0 Å². The number of carbonyl (C=O) groups is 1. The Kier molecular flexibility index (Phi) is 3.08. The zero-order chi connectivity index (χ0) is 14.3. The molecule has 104 valence electrons. The minimum atomic E-state index is -0.353. The van der Waals surface area contributed by atoms with Crippen LogP contribution in [0.2, 0.25) is 0 Å². The number of nitrogens with one attached hydrogen (secondary N) is 2. The number of aromatic nitrogens is 1. The van der Waals surface area contributed by atoms with Crippen LogP contribution >= 0.6 is 0 Å². The van der Waals surface area contributed by atoms with Crippen molar-refractivity contribution in [3.8, 4) is 0 Å². The Morgan fingerprint density at radius 1 is 1.35 bits per heavy atom. The van der Waals surface area contributed by atoms with Crippen LogP contribution in [0.4, 0.5) is 0 Å². The summed E-state index contributed by atoms with van der Waals surface area (Å²) >= 11 is 0. The monoisotopic (exact) mass is 270 g/mol. The van der Waals surface area contributed by atoms with Crippen molar-refractivity contribution in [2.45, 2.75) is 32.1 Å². The van der Waals surface area contributed by atoms with Gasteiger partial charge in [0.05, 0.1) is 5.52 Å². The zero-order valence-electron chi connectivity index (χ0n) is 11.7. The molecule has 2 aromatic rings. The molecule has 4 heteroatoms. The number of amides is 1. The number of hydrogen-bond donors (Lipinski definition) is 2. The molecule has 1 aliphatic carbocycles. The van der Waals surface area contributed by atoms with Gasteiger partial charge in [-0.15, -0.1) is 0 Å². The van der Waals surface area contributed by atoms with E-state index in [1.54, 1.807) is 6.07 Å². The van der Waals surface area contributed by atoms with Crippen LogP contribution in [0.25, 0.3) is 10.9 Å². The predicted molar refractivity (Wildman–Crippen MR) is 79.3 cm³/mol. The molecule has 0 radical (unpaired) electrons. The van der Waals surface area contributed by atoms with Crippen LogP contribution in [0.3, 0.4) is 0 Å². The zero-order valence-corrected chi connectivity index (χ0v) is 11.7. The first-order chi connectivity index (χ1) is 9.61. The molecule has 0 bridgehead atoms. The first kappa shape index (κ1) is 12.9. The van der Waals surface area contributed by atoms with E-state index >= 15 is 0 Å². The van der Waals surface area contributed by atoms with Crippen LogP contribution in [0.5, 0.6) is 0 Å². The first-order valence-corrected chi connectivity index (χ1v) is 7.00. The lowest BCUT2D eigenvalue weighted by molar-refractivity contribution is 0.0962. The summed E-state index contributed by atoms with van der Waals surface area (Å²) in [5.74, 6) is 0.274. The molecule has 1 fully saturated rings. The van der Waals surface area contributed by atoms with Gasteiger partial charge in [0.25, 0.3) is 11.5 Å². The lowest BCUT2D eigenvalue weighted by Gasteiger charge is -2.27. The second-order valence-corrected chi connectivity index (χ2v) is 5.46. The van der Waals surface area contributed by atoms with Gasteiger partial charge in [-0.25, -0.2) is 0 Å². The highest BCUT2D eigenvalue weighted by Gasteiger charge is 2.22. The van der Waals surface area contributed by atoms with Gasteiger partial charge >= 0.3 is 0 Å². The topological polar surface area (TPSA) is 62.0 Å². The summed E-state index contributed by atoms with van der Waals surface area (Å²) < 4.78 is 0. The predicted octanol–water partition coefficient (Wildman–Crippen LogP) is 2.46. The third-order valence-corrected chi connectivity index (χ3v) is 4.34. The van der Waals surface area contributed by atoms with Gasteiger partial charge in [0.15, 0.2) is 0 Å². The fourth-order valence-electron chi connectivity index (χ4n) is 2.90. The Balaban J connectivity index is 2.18. The molecule has 0 unspecified atom stereocenters. The van der Waals surface area contributed by atoms with E-state index in [0.29, 0.717) is 5.92 Å². The Labute approximate surface area is 117 Å². The van der Waals surface area contributed by atoms with Crippen molar-refractivity contribution in [1.82, 2.24) is 10.3 Å². The SMILES string of the molecule is CNC(=O)c1cc2ccc(C3CCC3)c(C)c2[nH]c1=O. The van der Waals surface area contributed by atoms with E-state index in [1.165, 1.54) is 31.9 Å². The Morgan fingerprint density at radius 2 is 2.10 bits per heavy atom. The first-order valence-electron chi connectivity index (χ1n) is 7.00. The smallest absolute Gasteiger partial charge is 0.261 e. The molecular weight excluding hydrogens is 252 g/mol. The second kappa shape index (κ2) is 4.78. The summed E-state index contributed by atoms with van der Waals surface area (Å²) in [5, 5.41) is 3.40. The van der Waals surface area contributed by atoms with E-state index in [9.17, 15) is 9.59 Å². The van der Waals surface area contributed by atoms with Gasteiger partial charge in [-0.3, -0.25) is 9.59 Å². The average molecular weight is 270 g/mol. The number of pyridine rings is 1. The van der Waals surface area contributed by atoms with Gasteiger partial charge in [-0.2, -0.15) is 0 Å². The van der Waals surface area contributed by atoms with Crippen LogP contribution in [-0.4, -0.2) is 17.9 Å². The van der Waals surface area contributed by atoms with Crippen molar-refractivity contribution >= 4 is 16.8 Å². The molecule has 1 aliphatic rings. The summed E-state index contributed by atoms with van der Waals surface area (Å²) in [6.07, 6.45) is 3.74. The highest BCUT2D eigenvalue weighted by atomic mass is 16.2.